The van der Waals surface area contributed by atoms with Gasteiger partial charge in [0.1, 0.15) is 5.60 Å². The molecule has 1 N–H and O–H groups in total. The third kappa shape index (κ3) is 9.79. The molecule has 0 saturated carbocycles. The topological polar surface area (TPSA) is 61.9 Å². The number of hydrogen-bond donors (Lipinski definition) is 1. The van der Waals surface area contributed by atoms with Crippen molar-refractivity contribution in [1.29, 1.82) is 0 Å². The van der Waals surface area contributed by atoms with Crippen LogP contribution in [0.4, 0.5) is 4.79 Å². The summed E-state index contributed by atoms with van der Waals surface area (Å²) >= 11 is 3.67. The van der Waals surface area contributed by atoms with E-state index in [0.29, 0.717) is 25.4 Å². The molecule has 270 valence electrons. The number of rotatable bonds is 13. The van der Waals surface area contributed by atoms with E-state index in [0.717, 1.165) is 35.4 Å². The maximum absolute atomic E-state index is 13.8. The van der Waals surface area contributed by atoms with Crippen molar-refractivity contribution in [3.8, 4) is 0 Å². The summed E-state index contributed by atoms with van der Waals surface area (Å²) in [5, 5.41) is 3.29. The zero-order valence-electron chi connectivity index (χ0n) is 30.9. The van der Waals surface area contributed by atoms with Gasteiger partial charge in [-0.3, -0.25) is 9.69 Å². The number of amides is 2. The first-order valence-corrected chi connectivity index (χ1v) is 20.3. The number of carbonyl (C=O) groups is 2. The van der Waals surface area contributed by atoms with Crippen molar-refractivity contribution >= 4 is 35.5 Å². The number of carbonyl (C=O) groups excluding carboxylic acids is 2. The first kappa shape index (κ1) is 38.5. The van der Waals surface area contributed by atoms with Gasteiger partial charge in [0, 0.05) is 43.5 Å². The van der Waals surface area contributed by atoms with Crippen molar-refractivity contribution in [2.45, 2.75) is 63.5 Å². The van der Waals surface area contributed by atoms with Gasteiger partial charge in [0.15, 0.2) is 0 Å². The lowest BCUT2D eigenvalue weighted by atomic mass is 9.84. The van der Waals surface area contributed by atoms with Crippen LogP contribution >= 0.6 is 23.5 Å². The van der Waals surface area contributed by atoms with Gasteiger partial charge in [-0.2, -0.15) is 11.8 Å². The lowest BCUT2D eigenvalue weighted by Gasteiger charge is -2.43. The quantitative estimate of drug-likeness (QED) is 0.139. The Morgan fingerprint density at radius 2 is 1.39 bits per heavy atom. The van der Waals surface area contributed by atoms with Gasteiger partial charge in [0.05, 0.1) is 10.8 Å². The summed E-state index contributed by atoms with van der Waals surface area (Å²) in [6, 6.07) is 37.9. The summed E-state index contributed by atoms with van der Waals surface area (Å²) in [5.74, 6) is 1.72. The van der Waals surface area contributed by atoms with E-state index in [1.54, 1.807) is 0 Å². The zero-order chi connectivity index (χ0) is 36.4. The fourth-order valence-electron chi connectivity index (χ4n) is 6.89. The average molecular weight is 724 g/mol. The highest BCUT2D eigenvalue weighted by atomic mass is 32.2. The number of nitrogens with zero attached hydrogens (tertiary/aromatic N) is 2. The number of nitrogens with one attached hydrogen (secondary N) is 1. The predicted molar refractivity (Wildman–Crippen MR) is 215 cm³/mol. The summed E-state index contributed by atoms with van der Waals surface area (Å²) in [4.78, 5) is 31.8. The third-order valence-corrected chi connectivity index (χ3v) is 12.0. The fourth-order valence-corrected chi connectivity index (χ4v) is 8.95. The van der Waals surface area contributed by atoms with Gasteiger partial charge in [0.2, 0.25) is 0 Å². The van der Waals surface area contributed by atoms with E-state index in [9.17, 15) is 9.59 Å². The average Bonchev–Trinajstić information content (AvgIpc) is 3.13. The Labute approximate surface area is 313 Å². The lowest BCUT2D eigenvalue weighted by Crippen LogP contribution is -2.58. The van der Waals surface area contributed by atoms with Crippen molar-refractivity contribution in [3.63, 3.8) is 0 Å². The number of aryl methyl sites for hydroxylation is 1. The predicted octanol–water partition coefficient (Wildman–Crippen LogP) is 8.80. The van der Waals surface area contributed by atoms with Crippen LogP contribution in [0.3, 0.4) is 0 Å². The largest absolute Gasteiger partial charge is 0.444 e. The Hall–Kier alpha value is -3.72. The second-order valence-electron chi connectivity index (χ2n) is 14.4. The Kier molecular flexibility index (Phi) is 13.3. The normalized spacial score (nSPS) is 16.0. The minimum Gasteiger partial charge on any atom is -0.444 e. The van der Waals surface area contributed by atoms with Crippen LogP contribution in [0, 0.1) is 13.8 Å². The molecule has 4 aromatic rings. The highest BCUT2D eigenvalue weighted by Crippen LogP contribution is 2.48. The molecule has 2 atom stereocenters. The van der Waals surface area contributed by atoms with Gasteiger partial charge in [-0.25, -0.2) is 4.79 Å². The number of benzene rings is 4. The smallest absolute Gasteiger partial charge is 0.407 e. The van der Waals surface area contributed by atoms with Crippen molar-refractivity contribution in [1.82, 2.24) is 15.1 Å². The molecular weight excluding hydrogens is 671 g/mol. The van der Waals surface area contributed by atoms with Gasteiger partial charge in [-0.1, -0.05) is 103 Å². The molecule has 0 bridgehead atoms. The van der Waals surface area contributed by atoms with E-state index < -0.39 is 16.4 Å². The summed E-state index contributed by atoms with van der Waals surface area (Å²) in [6.45, 7) is 12.4. The number of piperazine rings is 1. The number of hydrogen-bond acceptors (Lipinski definition) is 6. The summed E-state index contributed by atoms with van der Waals surface area (Å²) in [6.07, 6.45) is 2.67. The lowest BCUT2D eigenvalue weighted by molar-refractivity contribution is 0.0398. The molecule has 8 heteroatoms. The molecule has 1 aliphatic heterocycles. The van der Waals surface area contributed by atoms with Crippen LogP contribution in [0.2, 0.25) is 0 Å². The molecule has 1 saturated heterocycles. The van der Waals surface area contributed by atoms with Crippen LogP contribution in [0.25, 0.3) is 0 Å². The SMILES string of the molecule is CSCC[C@H]1CN(C(=O)c2cccc(C)c2C)CCN1C[C@H](CSC(c1ccccc1)(c1ccccc1)c1ccccc1)NC(=O)OC(C)(C)C. The monoisotopic (exact) mass is 723 g/mol. The standard InChI is InChI=1S/C43H53N3O3S2/c1-32-17-16-24-39(33(32)2)40(47)46-27-26-45(38(30-46)25-28-50-6)29-37(44-41(48)49-42(3,4)5)31-51-43(34-18-10-7-11-19-34,35-20-12-8-13-21-35)36-22-14-9-15-23-36/h7-24,37-38H,25-31H2,1-6H3,(H,44,48)/t37-,38+/m1/s1. The highest BCUT2D eigenvalue weighted by molar-refractivity contribution is 8.00. The summed E-state index contributed by atoms with van der Waals surface area (Å²) < 4.78 is 5.30. The summed E-state index contributed by atoms with van der Waals surface area (Å²) in [7, 11) is 0. The van der Waals surface area contributed by atoms with Crippen molar-refractivity contribution in [3.05, 3.63) is 143 Å². The minimum absolute atomic E-state index is 0.0994. The molecule has 1 aliphatic rings. The Balaban J connectivity index is 1.46. The minimum atomic E-state index is -0.621. The molecular formula is C43H53N3O3S2. The van der Waals surface area contributed by atoms with Gasteiger partial charge in [0.25, 0.3) is 5.91 Å². The zero-order valence-corrected chi connectivity index (χ0v) is 32.6. The number of thioether (sulfide) groups is 2. The van der Waals surface area contributed by atoms with E-state index in [2.05, 4.69) is 120 Å². The van der Waals surface area contributed by atoms with Crippen LogP contribution in [0.1, 0.15) is 65.4 Å². The van der Waals surface area contributed by atoms with Crippen LogP contribution in [-0.2, 0) is 9.48 Å². The van der Waals surface area contributed by atoms with E-state index in [-0.39, 0.29) is 18.0 Å². The van der Waals surface area contributed by atoms with Crippen LogP contribution in [0.5, 0.6) is 0 Å². The van der Waals surface area contributed by atoms with Crippen LogP contribution in [-0.4, -0.2) is 83.4 Å². The molecule has 6 nitrogen and oxygen atoms in total. The molecule has 0 unspecified atom stereocenters. The van der Waals surface area contributed by atoms with Crippen molar-refractivity contribution in [2.24, 2.45) is 0 Å². The van der Waals surface area contributed by atoms with Gasteiger partial charge < -0.3 is 15.0 Å². The van der Waals surface area contributed by atoms with E-state index >= 15 is 0 Å². The summed E-state index contributed by atoms with van der Waals surface area (Å²) in [5.41, 5.74) is 5.88. The molecule has 0 aliphatic carbocycles. The van der Waals surface area contributed by atoms with Crippen molar-refractivity contribution < 1.29 is 14.3 Å². The van der Waals surface area contributed by atoms with Gasteiger partial charge in [-0.15, -0.1) is 11.8 Å². The van der Waals surface area contributed by atoms with E-state index in [1.165, 1.54) is 16.7 Å². The number of ether oxygens (including phenoxy) is 1. The molecule has 0 radical (unpaired) electrons. The molecule has 1 fully saturated rings. The molecule has 1 heterocycles. The van der Waals surface area contributed by atoms with E-state index in [1.807, 2.05) is 68.3 Å². The maximum atomic E-state index is 13.8. The second-order valence-corrected chi connectivity index (χ2v) is 16.6. The Morgan fingerprint density at radius 1 is 0.824 bits per heavy atom. The molecule has 4 aromatic carbocycles. The molecule has 51 heavy (non-hydrogen) atoms. The molecule has 0 aromatic heterocycles. The number of alkyl carbamates (subject to hydrolysis) is 1. The first-order valence-electron chi connectivity index (χ1n) is 17.9. The highest BCUT2D eigenvalue weighted by Gasteiger charge is 2.39. The fraction of sp³-hybridized carbons (Fsp3) is 0.395. The van der Waals surface area contributed by atoms with Gasteiger partial charge in [-0.05, 0) is 86.9 Å². The third-order valence-electron chi connectivity index (χ3n) is 9.60. The van der Waals surface area contributed by atoms with Gasteiger partial charge >= 0.3 is 6.09 Å². The van der Waals surface area contributed by atoms with Crippen LogP contribution in [0.15, 0.2) is 109 Å². The van der Waals surface area contributed by atoms with Crippen molar-refractivity contribution in [2.75, 3.05) is 43.9 Å². The first-order chi connectivity index (χ1) is 24.5. The molecule has 2 amide bonds. The Morgan fingerprint density at radius 3 is 1.92 bits per heavy atom. The van der Waals surface area contributed by atoms with Crippen LogP contribution < -0.4 is 5.32 Å². The Bertz CT molecular complexity index is 1620. The maximum Gasteiger partial charge on any atom is 0.407 e. The van der Waals surface area contributed by atoms with E-state index in [4.69, 9.17) is 4.74 Å². The molecule has 5 rings (SSSR count). The second kappa shape index (κ2) is 17.7. The molecule has 0 spiro atoms.